The van der Waals surface area contributed by atoms with Gasteiger partial charge in [-0.3, -0.25) is 4.90 Å². The topological polar surface area (TPSA) is 35.9 Å². The highest BCUT2D eigenvalue weighted by atomic mass is 19.4. The van der Waals surface area contributed by atoms with Crippen molar-refractivity contribution in [1.29, 1.82) is 0 Å². The van der Waals surface area contributed by atoms with E-state index in [2.05, 4.69) is 11.8 Å². The monoisotopic (exact) mass is 408 g/mol. The van der Waals surface area contributed by atoms with Gasteiger partial charge in [0.15, 0.2) is 0 Å². The minimum atomic E-state index is -4.33. The van der Waals surface area contributed by atoms with Crippen molar-refractivity contribution in [1.82, 2.24) is 4.90 Å². The van der Waals surface area contributed by atoms with Crippen LogP contribution in [0.5, 0.6) is 5.75 Å². The maximum atomic E-state index is 12.9. The number of anilines is 1. The Kier molecular flexibility index (Phi) is 7.03. The SMILES string of the molecule is CCc1ccc(OC[C@H](O)CN2CCN(c3cccc(C(F)(F)F)c3)CC2)cc1. The van der Waals surface area contributed by atoms with E-state index < -0.39 is 17.8 Å². The van der Waals surface area contributed by atoms with Crippen LogP contribution in [0, 0.1) is 0 Å². The molecule has 0 spiro atoms. The van der Waals surface area contributed by atoms with Crippen molar-refractivity contribution in [2.75, 3.05) is 44.2 Å². The first-order chi connectivity index (χ1) is 13.8. The lowest BCUT2D eigenvalue weighted by atomic mass is 10.1. The maximum Gasteiger partial charge on any atom is 0.416 e. The summed E-state index contributed by atoms with van der Waals surface area (Å²) in [4.78, 5) is 4.06. The first kappa shape index (κ1) is 21.5. The fraction of sp³-hybridized carbons (Fsp3) is 0.455. The number of rotatable bonds is 7. The van der Waals surface area contributed by atoms with Crippen LogP contribution in [0.25, 0.3) is 0 Å². The van der Waals surface area contributed by atoms with Crippen molar-refractivity contribution in [2.24, 2.45) is 0 Å². The number of benzene rings is 2. The molecule has 1 N–H and O–H groups in total. The van der Waals surface area contributed by atoms with E-state index in [0.717, 1.165) is 18.2 Å². The third kappa shape index (κ3) is 6.11. The van der Waals surface area contributed by atoms with Crippen LogP contribution in [-0.4, -0.2) is 55.4 Å². The first-order valence-corrected chi connectivity index (χ1v) is 9.89. The highest BCUT2D eigenvalue weighted by molar-refractivity contribution is 5.49. The van der Waals surface area contributed by atoms with E-state index >= 15 is 0 Å². The molecule has 3 rings (SSSR count). The predicted molar refractivity (Wildman–Crippen MR) is 107 cm³/mol. The molecule has 0 aromatic heterocycles. The Balaban J connectivity index is 1.44. The molecule has 1 heterocycles. The number of alkyl halides is 3. The largest absolute Gasteiger partial charge is 0.491 e. The Hall–Kier alpha value is -2.25. The summed E-state index contributed by atoms with van der Waals surface area (Å²) in [5.74, 6) is 0.732. The van der Waals surface area contributed by atoms with Gasteiger partial charge in [0, 0.05) is 38.4 Å². The molecule has 2 aromatic carbocycles. The number of hydrogen-bond donors (Lipinski definition) is 1. The molecule has 1 saturated heterocycles. The Morgan fingerprint density at radius 1 is 1.03 bits per heavy atom. The average Bonchev–Trinajstić information content (AvgIpc) is 2.73. The van der Waals surface area contributed by atoms with Crippen LogP contribution in [0.1, 0.15) is 18.1 Å². The van der Waals surface area contributed by atoms with Crippen molar-refractivity contribution in [3.8, 4) is 5.75 Å². The molecule has 0 saturated carbocycles. The van der Waals surface area contributed by atoms with Gasteiger partial charge in [-0.2, -0.15) is 13.2 Å². The molecule has 0 aliphatic carbocycles. The molecule has 1 fully saturated rings. The van der Waals surface area contributed by atoms with Crippen LogP contribution in [0.15, 0.2) is 48.5 Å². The normalized spacial score (nSPS) is 16.7. The highest BCUT2D eigenvalue weighted by Crippen LogP contribution is 2.31. The van der Waals surface area contributed by atoms with E-state index in [9.17, 15) is 18.3 Å². The minimum absolute atomic E-state index is 0.208. The summed E-state index contributed by atoms with van der Waals surface area (Å²) in [6.07, 6.45) is -3.99. The van der Waals surface area contributed by atoms with E-state index in [1.165, 1.54) is 17.7 Å². The molecule has 1 aliphatic heterocycles. The van der Waals surface area contributed by atoms with Crippen LogP contribution in [0.4, 0.5) is 18.9 Å². The molecule has 0 unspecified atom stereocenters. The summed E-state index contributed by atoms with van der Waals surface area (Å²) in [6, 6.07) is 13.3. The fourth-order valence-electron chi connectivity index (χ4n) is 3.43. The second kappa shape index (κ2) is 9.50. The summed E-state index contributed by atoms with van der Waals surface area (Å²) < 4.78 is 44.4. The van der Waals surface area contributed by atoms with Crippen LogP contribution in [0.2, 0.25) is 0 Å². The zero-order valence-corrected chi connectivity index (χ0v) is 16.5. The van der Waals surface area contributed by atoms with Gasteiger partial charge in [0.05, 0.1) is 5.56 Å². The molecule has 0 radical (unpaired) electrons. The van der Waals surface area contributed by atoms with Crippen molar-refractivity contribution in [3.05, 3.63) is 59.7 Å². The molecular weight excluding hydrogens is 381 g/mol. The van der Waals surface area contributed by atoms with Crippen LogP contribution in [-0.2, 0) is 12.6 Å². The van der Waals surface area contributed by atoms with Crippen molar-refractivity contribution in [2.45, 2.75) is 25.6 Å². The average molecular weight is 408 g/mol. The predicted octanol–water partition coefficient (Wildman–Crippen LogP) is 3.83. The van der Waals surface area contributed by atoms with Gasteiger partial charge in [-0.05, 0) is 42.3 Å². The second-order valence-electron chi connectivity index (χ2n) is 7.30. The van der Waals surface area contributed by atoms with E-state index in [1.54, 1.807) is 6.07 Å². The van der Waals surface area contributed by atoms with Crippen LogP contribution >= 0.6 is 0 Å². The molecule has 2 aromatic rings. The minimum Gasteiger partial charge on any atom is -0.491 e. The van der Waals surface area contributed by atoms with E-state index in [-0.39, 0.29) is 6.61 Å². The van der Waals surface area contributed by atoms with E-state index in [4.69, 9.17) is 4.74 Å². The zero-order valence-electron chi connectivity index (χ0n) is 16.5. The molecule has 7 heteroatoms. The lowest BCUT2D eigenvalue weighted by Gasteiger charge is -2.37. The van der Waals surface area contributed by atoms with Crippen molar-refractivity contribution < 1.29 is 23.0 Å². The van der Waals surface area contributed by atoms with Gasteiger partial charge in [0.25, 0.3) is 0 Å². The maximum absolute atomic E-state index is 12.9. The Labute approximate surface area is 169 Å². The summed E-state index contributed by atoms with van der Waals surface area (Å²) in [7, 11) is 0. The van der Waals surface area contributed by atoms with Crippen molar-refractivity contribution in [3.63, 3.8) is 0 Å². The fourth-order valence-corrected chi connectivity index (χ4v) is 3.43. The van der Waals surface area contributed by atoms with Crippen LogP contribution < -0.4 is 9.64 Å². The number of β-amino-alcohol motifs (C(OH)–C–C–N with tert-alkyl or cyclic N) is 1. The number of piperazine rings is 1. The van der Waals surface area contributed by atoms with Crippen LogP contribution in [0.3, 0.4) is 0 Å². The van der Waals surface area contributed by atoms with E-state index in [0.29, 0.717) is 38.4 Å². The first-order valence-electron chi connectivity index (χ1n) is 9.89. The van der Waals surface area contributed by atoms with Gasteiger partial charge < -0.3 is 14.7 Å². The van der Waals surface area contributed by atoms with E-state index in [1.807, 2.05) is 29.2 Å². The summed E-state index contributed by atoms with van der Waals surface area (Å²) in [5, 5.41) is 10.3. The molecule has 1 atom stereocenters. The molecular formula is C22H27F3N2O2. The molecule has 29 heavy (non-hydrogen) atoms. The lowest BCUT2D eigenvalue weighted by Crippen LogP contribution is -2.49. The summed E-state index contributed by atoms with van der Waals surface area (Å²) >= 11 is 0. The molecule has 1 aliphatic rings. The quantitative estimate of drug-likeness (QED) is 0.756. The molecule has 4 nitrogen and oxygen atoms in total. The molecule has 158 valence electrons. The summed E-state index contributed by atoms with van der Waals surface area (Å²) in [6.45, 7) is 5.37. The number of aliphatic hydroxyl groups excluding tert-OH is 1. The Bertz CT molecular complexity index is 772. The number of aliphatic hydroxyl groups is 1. The lowest BCUT2D eigenvalue weighted by molar-refractivity contribution is -0.137. The number of ether oxygens (including phenoxy) is 1. The number of halogens is 3. The highest BCUT2D eigenvalue weighted by Gasteiger charge is 2.31. The Morgan fingerprint density at radius 2 is 1.72 bits per heavy atom. The number of nitrogens with zero attached hydrogens (tertiary/aromatic N) is 2. The van der Waals surface area contributed by atoms with Gasteiger partial charge in [0.1, 0.15) is 18.5 Å². The van der Waals surface area contributed by atoms with Gasteiger partial charge in [-0.25, -0.2) is 0 Å². The van der Waals surface area contributed by atoms with Gasteiger partial charge in [0.2, 0.25) is 0 Å². The second-order valence-corrected chi connectivity index (χ2v) is 7.30. The standard InChI is InChI=1S/C22H27F3N2O2/c1-2-17-6-8-21(9-7-17)29-16-20(28)15-26-10-12-27(13-11-26)19-5-3-4-18(14-19)22(23,24)25/h3-9,14,20,28H,2,10-13,15-16H2,1H3/t20-/m1/s1. The number of aryl methyl sites for hydroxylation is 1. The zero-order chi connectivity index (χ0) is 20.9. The molecule has 0 bridgehead atoms. The molecule has 0 amide bonds. The Morgan fingerprint density at radius 3 is 2.34 bits per heavy atom. The van der Waals surface area contributed by atoms with Gasteiger partial charge in [-0.1, -0.05) is 25.1 Å². The van der Waals surface area contributed by atoms with Gasteiger partial charge >= 0.3 is 6.18 Å². The van der Waals surface area contributed by atoms with Gasteiger partial charge in [-0.15, -0.1) is 0 Å². The summed E-state index contributed by atoms with van der Waals surface area (Å²) in [5.41, 5.74) is 1.19. The van der Waals surface area contributed by atoms with Crippen molar-refractivity contribution >= 4 is 5.69 Å². The third-order valence-electron chi connectivity index (χ3n) is 5.15. The third-order valence-corrected chi connectivity index (χ3v) is 5.15. The number of hydrogen-bond acceptors (Lipinski definition) is 4. The smallest absolute Gasteiger partial charge is 0.416 e.